The Labute approximate surface area is 149 Å². The summed E-state index contributed by atoms with van der Waals surface area (Å²) < 4.78 is 0. The third-order valence-electron chi connectivity index (χ3n) is 3.74. The molecule has 0 aliphatic carbocycles. The average Bonchev–Trinajstić information content (AvgIpc) is 3.16. The maximum Gasteiger partial charge on any atom is 0.257 e. The second-order valence-corrected chi connectivity index (χ2v) is 6.37. The number of aromatic nitrogens is 1. The summed E-state index contributed by atoms with van der Waals surface area (Å²) in [4.78, 5) is 29.6. The second-order valence-electron chi connectivity index (χ2n) is 5.42. The summed E-state index contributed by atoms with van der Waals surface area (Å²) in [5.41, 5.74) is 3.22. The number of hydrogen-bond acceptors (Lipinski definition) is 4. The minimum atomic E-state index is -0.226. The van der Waals surface area contributed by atoms with E-state index < -0.39 is 0 Å². The highest BCUT2D eigenvalue weighted by atomic mass is 32.1. The van der Waals surface area contributed by atoms with Gasteiger partial charge in [0.05, 0.1) is 21.8 Å². The van der Waals surface area contributed by atoms with Gasteiger partial charge in [-0.15, -0.1) is 11.3 Å². The van der Waals surface area contributed by atoms with Crippen LogP contribution in [0.25, 0.3) is 10.6 Å². The van der Waals surface area contributed by atoms with E-state index in [-0.39, 0.29) is 11.8 Å². The van der Waals surface area contributed by atoms with E-state index in [4.69, 9.17) is 0 Å². The highest BCUT2D eigenvalue weighted by molar-refractivity contribution is 7.13. The number of rotatable bonds is 4. The van der Waals surface area contributed by atoms with Gasteiger partial charge < -0.3 is 10.6 Å². The molecule has 5 nitrogen and oxygen atoms in total. The van der Waals surface area contributed by atoms with Crippen molar-refractivity contribution in [2.24, 2.45) is 0 Å². The molecule has 1 aromatic carbocycles. The van der Waals surface area contributed by atoms with Crippen LogP contribution in [0.15, 0.2) is 53.9 Å². The first kappa shape index (κ1) is 16.9. The van der Waals surface area contributed by atoms with Crippen molar-refractivity contribution in [3.8, 4) is 10.6 Å². The molecule has 25 heavy (non-hydrogen) atoms. The Hall–Kier alpha value is -2.99. The van der Waals surface area contributed by atoms with E-state index in [1.165, 1.54) is 0 Å². The lowest BCUT2D eigenvalue weighted by Gasteiger charge is -2.09. The molecule has 2 heterocycles. The summed E-state index contributed by atoms with van der Waals surface area (Å²) in [6.45, 7) is 1.82. The first-order valence-electron chi connectivity index (χ1n) is 7.73. The van der Waals surface area contributed by atoms with Crippen molar-refractivity contribution in [3.05, 3.63) is 70.7 Å². The molecule has 2 N–H and O–H groups in total. The van der Waals surface area contributed by atoms with Crippen LogP contribution in [0, 0.1) is 6.92 Å². The lowest BCUT2D eigenvalue weighted by Crippen LogP contribution is -2.18. The Bertz CT molecular complexity index is 903. The highest BCUT2D eigenvalue weighted by Crippen LogP contribution is 2.24. The fraction of sp³-hybridized carbons (Fsp3) is 0.105. The van der Waals surface area contributed by atoms with Gasteiger partial charge in [-0.05, 0) is 54.8 Å². The second kappa shape index (κ2) is 7.27. The molecule has 0 radical (unpaired) electrons. The van der Waals surface area contributed by atoms with E-state index in [0.717, 1.165) is 10.6 Å². The van der Waals surface area contributed by atoms with Crippen molar-refractivity contribution in [2.75, 3.05) is 12.4 Å². The Morgan fingerprint density at radius 2 is 1.76 bits per heavy atom. The molecular formula is C19H17N3O2S. The maximum absolute atomic E-state index is 12.5. The van der Waals surface area contributed by atoms with Crippen molar-refractivity contribution in [3.63, 3.8) is 0 Å². The van der Waals surface area contributed by atoms with Crippen LogP contribution in [0.2, 0.25) is 0 Å². The Kier molecular flexibility index (Phi) is 4.90. The molecule has 126 valence electrons. The molecule has 0 spiro atoms. The molecule has 3 rings (SSSR count). The summed E-state index contributed by atoms with van der Waals surface area (Å²) in [6, 6.07) is 14.3. The van der Waals surface area contributed by atoms with Crippen molar-refractivity contribution in [2.45, 2.75) is 6.92 Å². The standard InChI is InChI=1S/C19H17N3O2S/c1-12-15(9-10-16(21-12)17-4-3-11-25-17)19(24)22-14-7-5-13(6-8-14)18(23)20-2/h3-11H,1-2H3,(H,20,23)(H,22,24). The minimum Gasteiger partial charge on any atom is -0.355 e. The van der Waals surface area contributed by atoms with Gasteiger partial charge in [0.15, 0.2) is 0 Å². The van der Waals surface area contributed by atoms with Gasteiger partial charge in [-0.2, -0.15) is 0 Å². The number of hydrogen-bond donors (Lipinski definition) is 2. The molecular weight excluding hydrogens is 334 g/mol. The maximum atomic E-state index is 12.5. The molecule has 2 amide bonds. The number of carbonyl (C=O) groups is 2. The summed E-state index contributed by atoms with van der Waals surface area (Å²) in [5, 5.41) is 7.38. The third kappa shape index (κ3) is 3.75. The van der Waals surface area contributed by atoms with Gasteiger partial charge in [-0.25, -0.2) is 0 Å². The van der Waals surface area contributed by atoms with E-state index in [2.05, 4.69) is 15.6 Å². The summed E-state index contributed by atoms with van der Waals surface area (Å²) >= 11 is 1.61. The number of pyridine rings is 1. The number of aryl methyl sites for hydroxylation is 1. The van der Waals surface area contributed by atoms with Gasteiger partial charge in [-0.3, -0.25) is 14.6 Å². The van der Waals surface area contributed by atoms with E-state index in [1.807, 2.05) is 30.5 Å². The third-order valence-corrected chi connectivity index (χ3v) is 4.63. The Morgan fingerprint density at radius 3 is 2.36 bits per heavy atom. The summed E-state index contributed by atoms with van der Waals surface area (Å²) in [5.74, 6) is -0.391. The summed E-state index contributed by atoms with van der Waals surface area (Å²) in [6.07, 6.45) is 0. The van der Waals surface area contributed by atoms with Gasteiger partial charge in [0.25, 0.3) is 11.8 Å². The zero-order chi connectivity index (χ0) is 17.8. The van der Waals surface area contributed by atoms with Crippen LogP contribution in [0.4, 0.5) is 5.69 Å². The number of amides is 2. The van der Waals surface area contributed by atoms with Gasteiger partial charge in [-0.1, -0.05) is 6.07 Å². The van der Waals surface area contributed by atoms with E-state index >= 15 is 0 Å². The zero-order valence-corrected chi connectivity index (χ0v) is 14.7. The molecule has 0 aliphatic rings. The van der Waals surface area contributed by atoms with Crippen LogP contribution < -0.4 is 10.6 Å². The Balaban J connectivity index is 1.76. The highest BCUT2D eigenvalue weighted by Gasteiger charge is 2.12. The van der Waals surface area contributed by atoms with Crippen LogP contribution in [-0.2, 0) is 0 Å². The average molecular weight is 351 g/mol. The Morgan fingerprint density at radius 1 is 1.00 bits per heavy atom. The molecule has 3 aromatic rings. The zero-order valence-electron chi connectivity index (χ0n) is 13.9. The SMILES string of the molecule is CNC(=O)c1ccc(NC(=O)c2ccc(-c3cccs3)nc2C)cc1. The predicted octanol–water partition coefficient (Wildman–Crippen LogP) is 3.73. The number of thiophene rings is 1. The van der Waals surface area contributed by atoms with E-state index in [0.29, 0.717) is 22.5 Å². The van der Waals surface area contributed by atoms with Crippen LogP contribution in [0.3, 0.4) is 0 Å². The van der Waals surface area contributed by atoms with Gasteiger partial charge in [0, 0.05) is 18.3 Å². The monoisotopic (exact) mass is 351 g/mol. The van der Waals surface area contributed by atoms with Gasteiger partial charge >= 0.3 is 0 Å². The van der Waals surface area contributed by atoms with Crippen LogP contribution in [0.5, 0.6) is 0 Å². The van der Waals surface area contributed by atoms with Gasteiger partial charge in [0.1, 0.15) is 0 Å². The van der Waals surface area contributed by atoms with E-state index in [9.17, 15) is 9.59 Å². The number of benzene rings is 1. The summed E-state index contributed by atoms with van der Waals surface area (Å²) in [7, 11) is 1.58. The number of nitrogens with zero attached hydrogens (tertiary/aromatic N) is 1. The van der Waals surface area contributed by atoms with Gasteiger partial charge in [0.2, 0.25) is 0 Å². The molecule has 2 aromatic heterocycles. The molecule has 0 saturated carbocycles. The topological polar surface area (TPSA) is 71.1 Å². The molecule has 0 bridgehead atoms. The first-order chi connectivity index (χ1) is 12.1. The van der Waals surface area contributed by atoms with Crippen LogP contribution in [-0.4, -0.2) is 23.8 Å². The molecule has 0 fully saturated rings. The molecule has 0 saturated heterocycles. The molecule has 0 atom stereocenters. The van der Waals surface area contributed by atoms with Crippen molar-refractivity contribution in [1.82, 2.24) is 10.3 Å². The number of carbonyl (C=O) groups excluding carboxylic acids is 2. The largest absolute Gasteiger partial charge is 0.355 e. The molecule has 6 heteroatoms. The molecule has 0 aliphatic heterocycles. The fourth-order valence-corrected chi connectivity index (χ4v) is 3.11. The van der Waals surface area contributed by atoms with Crippen LogP contribution >= 0.6 is 11.3 Å². The quantitative estimate of drug-likeness (QED) is 0.752. The van der Waals surface area contributed by atoms with Crippen molar-refractivity contribution in [1.29, 1.82) is 0 Å². The fourth-order valence-electron chi connectivity index (χ4n) is 2.41. The first-order valence-corrected chi connectivity index (χ1v) is 8.61. The lowest BCUT2D eigenvalue weighted by molar-refractivity contribution is 0.0962. The number of nitrogens with one attached hydrogen (secondary N) is 2. The number of anilines is 1. The van der Waals surface area contributed by atoms with E-state index in [1.54, 1.807) is 48.7 Å². The predicted molar refractivity (Wildman–Crippen MR) is 100 cm³/mol. The van der Waals surface area contributed by atoms with Crippen molar-refractivity contribution >= 4 is 28.8 Å². The van der Waals surface area contributed by atoms with Crippen molar-refractivity contribution < 1.29 is 9.59 Å². The normalized spacial score (nSPS) is 10.3. The molecule has 0 unspecified atom stereocenters. The smallest absolute Gasteiger partial charge is 0.257 e. The minimum absolute atomic E-state index is 0.165. The lowest BCUT2D eigenvalue weighted by atomic mass is 10.1. The van der Waals surface area contributed by atoms with Crippen LogP contribution in [0.1, 0.15) is 26.4 Å².